The van der Waals surface area contributed by atoms with Crippen molar-refractivity contribution in [3.8, 4) is 0 Å². The van der Waals surface area contributed by atoms with Crippen molar-refractivity contribution in [2.24, 2.45) is 11.8 Å². The second kappa shape index (κ2) is 3.82. The molecular weight excluding hydrogens is 246 g/mol. The fourth-order valence-electron chi connectivity index (χ4n) is 3.58. The summed E-state index contributed by atoms with van der Waals surface area (Å²) < 4.78 is 5.24. The summed E-state index contributed by atoms with van der Waals surface area (Å²) >= 11 is 0. The van der Waals surface area contributed by atoms with Crippen molar-refractivity contribution in [3.63, 3.8) is 0 Å². The van der Waals surface area contributed by atoms with Crippen LogP contribution >= 0.6 is 0 Å². The Morgan fingerprint density at radius 1 is 1.53 bits per heavy atom. The van der Waals surface area contributed by atoms with Crippen LogP contribution in [0.25, 0.3) is 0 Å². The fraction of sp³-hybridized carbons (Fsp3) is 0.714. The molecule has 2 saturated heterocycles. The van der Waals surface area contributed by atoms with Crippen LogP contribution in [0.5, 0.6) is 0 Å². The molecule has 5 heteroatoms. The number of rotatable bonds is 2. The van der Waals surface area contributed by atoms with Crippen molar-refractivity contribution in [1.29, 1.82) is 0 Å². The van der Waals surface area contributed by atoms with Crippen LogP contribution in [0.2, 0.25) is 0 Å². The SMILES string of the molecule is CC1C(=O)NC2([C@@H](O)C3C=CCCC3)C(=O)O[C@@]12C. The molecule has 0 aromatic carbocycles. The van der Waals surface area contributed by atoms with Gasteiger partial charge in [0.25, 0.3) is 0 Å². The van der Waals surface area contributed by atoms with Gasteiger partial charge in [0.05, 0.1) is 12.0 Å². The van der Waals surface area contributed by atoms with Gasteiger partial charge in [0.1, 0.15) is 0 Å². The molecule has 5 nitrogen and oxygen atoms in total. The molecule has 2 fully saturated rings. The highest BCUT2D eigenvalue weighted by molar-refractivity contribution is 6.01. The second-order valence-corrected chi connectivity index (χ2v) is 5.98. The normalized spacial score (nSPS) is 46.1. The van der Waals surface area contributed by atoms with Gasteiger partial charge in [-0.1, -0.05) is 12.2 Å². The third-order valence-electron chi connectivity index (χ3n) is 5.09. The molecule has 1 aliphatic carbocycles. The number of carbonyl (C=O) groups excluding carboxylic acids is 2. The summed E-state index contributed by atoms with van der Waals surface area (Å²) in [4.78, 5) is 23.9. The molecule has 3 aliphatic rings. The van der Waals surface area contributed by atoms with Crippen molar-refractivity contribution in [3.05, 3.63) is 12.2 Å². The zero-order chi connectivity index (χ0) is 13.8. The molecular formula is C14H19NO4. The minimum absolute atomic E-state index is 0.105. The summed E-state index contributed by atoms with van der Waals surface area (Å²) in [5, 5.41) is 13.4. The largest absolute Gasteiger partial charge is 0.453 e. The number of allylic oxidation sites excluding steroid dienone is 1. The van der Waals surface area contributed by atoms with Crippen LogP contribution in [0.1, 0.15) is 33.1 Å². The van der Waals surface area contributed by atoms with E-state index < -0.39 is 29.1 Å². The molecule has 1 amide bonds. The van der Waals surface area contributed by atoms with Crippen LogP contribution in [-0.4, -0.2) is 34.2 Å². The van der Waals surface area contributed by atoms with Crippen LogP contribution in [-0.2, 0) is 14.3 Å². The van der Waals surface area contributed by atoms with E-state index in [1.807, 2.05) is 12.2 Å². The monoisotopic (exact) mass is 265 g/mol. The molecule has 5 atom stereocenters. The lowest BCUT2D eigenvalue weighted by molar-refractivity contribution is -0.237. The molecule has 0 radical (unpaired) electrons. The summed E-state index contributed by atoms with van der Waals surface area (Å²) in [7, 11) is 0. The van der Waals surface area contributed by atoms with Crippen LogP contribution in [0, 0.1) is 11.8 Å². The molecule has 3 unspecified atom stereocenters. The lowest BCUT2D eigenvalue weighted by Gasteiger charge is -2.54. The maximum absolute atomic E-state index is 12.0. The summed E-state index contributed by atoms with van der Waals surface area (Å²) in [6, 6.07) is 0. The Bertz CT molecular complexity index is 474. The maximum atomic E-state index is 12.0. The molecule has 2 heterocycles. The van der Waals surface area contributed by atoms with E-state index in [0.717, 1.165) is 19.3 Å². The summed E-state index contributed by atoms with van der Waals surface area (Å²) in [6.45, 7) is 3.46. The lowest BCUT2D eigenvalue weighted by atomic mass is 9.65. The van der Waals surface area contributed by atoms with Crippen molar-refractivity contribution in [2.45, 2.75) is 50.4 Å². The van der Waals surface area contributed by atoms with Crippen LogP contribution in [0.4, 0.5) is 0 Å². The van der Waals surface area contributed by atoms with Gasteiger partial charge in [0.15, 0.2) is 5.60 Å². The Morgan fingerprint density at radius 2 is 2.26 bits per heavy atom. The highest BCUT2D eigenvalue weighted by Crippen LogP contribution is 2.52. The van der Waals surface area contributed by atoms with E-state index in [2.05, 4.69) is 5.32 Å². The Hall–Kier alpha value is -1.36. The first-order valence-corrected chi connectivity index (χ1v) is 6.83. The number of nitrogens with one attached hydrogen (secondary N) is 1. The first kappa shape index (κ1) is 12.7. The van der Waals surface area contributed by atoms with Crippen LogP contribution in [0.15, 0.2) is 12.2 Å². The quantitative estimate of drug-likeness (QED) is 0.564. The van der Waals surface area contributed by atoms with Crippen LogP contribution < -0.4 is 5.32 Å². The molecule has 0 spiro atoms. The highest BCUT2D eigenvalue weighted by atomic mass is 16.6. The smallest absolute Gasteiger partial charge is 0.339 e. The molecule has 0 aromatic heterocycles. The zero-order valence-corrected chi connectivity index (χ0v) is 11.2. The lowest BCUT2D eigenvalue weighted by Crippen LogP contribution is -2.79. The molecule has 2 N–H and O–H groups in total. The number of hydrogen-bond donors (Lipinski definition) is 2. The third-order valence-corrected chi connectivity index (χ3v) is 5.09. The number of aliphatic hydroxyl groups excluding tert-OH is 1. The van der Waals surface area contributed by atoms with E-state index in [-0.39, 0.29) is 11.8 Å². The Balaban J connectivity index is 1.97. The van der Waals surface area contributed by atoms with Crippen molar-refractivity contribution in [1.82, 2.24) is 5.32 Å². The second-order valence-electron chi connectivity index (χ2n) is 5.98. The fourth-order valence-corrected chi connectivity index (χ4v) is 3.58. The standard InChI is InChI=1S/C14H19NO4/c1-8-11(17)15-14(12(18)19-13(8,14)2)10(16)9-6-4-3-5-7-9/h4,6,8-10,16H,3,5,7H2,1-2H3,(H,15,17)/t8?,9?,10-,13-,14?/m0/s1. The predicted molar refractivity (Wildman–Crippen MR) is 67.0 cm³/mol. The van der Waals surface area contributed by atoms with E-state index >= 15 is 0 Å². The van der Waals surface area contributed by atoms with Gasteiger partial charge < -0.3 is 15.2 Å². The Labute approximate surface area is 112 Å². The molecule has 19 heavy (non-hydrogen) atoms. The van der Waals surface area contributed by atoms with E-state index in [9.17, 15) is 14.7 Å². The number of carbonyl (C=O) groups is 2. The molecule has 0 bridgehead atoms. The first-order chi connectivity index (χ1) is 8.93. The van der Waals surface area contributed by atoms with Gasteiger partial charge >= 0.3 is 5.97 Å². The summed E-state index contributed by atoms with van der Waals surface area (Å²) in [5.41, 5.74) is -2.21. The average molecular weight is 265 g/mol. The van der Waals surface area contributed by atoms with Gasteiger partial charge in [0, 0.05) is 5.92 Å². The number of aliphatic hydroxyl groups is 1. The van der Waals surface area contributed by atoms with E-state index in [0.29, 0.717) is 0 Å². The van der Waals surface area contributed by atoms with Gasteiger partial charge in [-0.15, -0.1) is 0 Å². The van der Waals surface area contributed by atoms with Crippen molar-refractivity contribution < 1.29 is 19.4 Å². The van der Waals surface area contributed by atoms with Gasteiger partial charge in [-0.2, -0.15) is 0 Å². The van der Waals surface area contributed by atoms with E-state index in [4.69, 9.17) is 4.74 Å². The summed E-state index contributed by atoms with van der Waals surface area (Å²) in [5.74, 6) is -1.29. The first-order valence-electron chi connectivity index (χ1n) is 6.83. The molecule has 2 aliphatic heterocycles. The Morgan fingerprint density at radius 3 is 2.79 bits per heavy atom. The molecule has 3 rings (SSSR count). The van der Waals surface area contributed by atoms with Crippen molar-refractivity contribution in [2.75, 3.05) is 0 Å². The van der Waals surface area contributed by atoms with Gasteiger partial charge in [-0.3, -0.25) is 4.79 Å². The van der Waals surface area contributed by atoms with Gasteiger partial charge in [0.2, 0.25) is 11.4 Å². The number of amides is 1. The molecule has 0 aromatic rings. The summed E-state index contributed by atoms with van der Waals surface area (Å²) in [6.07, 6.45) is 5.86. The minimum atomic E-state index is -1.27. The Kier molecular flexibility index (Phi) is 2.55. The molecule has 104 valence electrons. The van der Waals surface area contributed by atoms with E-state index in [1.54, 1.807) is 13.8 Å². The number of esters is 1. The topological polar surface area (TPSA) is 75.6 Å². The highest BCUT2D eigenvalue weighted by Gasteiger charge is 2.78. The van der Waals surface area contributed by atoms with E-state index in [1.165, 1.54) is 0 Å². The number of hydrogen-bond acceptors (Lipinski definition) is 4. The number of ether oxygens (including phenoxy) is 1. The van der Waals surface area contributed by atoms with Crippen LogP contribution in [0.3, 0.4) is 0 Å². The van der Waals surface area contributed by atoms with Gasteiger partial charge in [-0.25, -0.2) is 4.79 Å². The zero-order valence-electron chi connectivity index (χ0n) is 11.2. The third kappa shape index (κ3) is 1.34. The van der Waals surface area contributed by atoms with Gasteiger partial charge in [-0.05, 0) is 33.1 Å². The number of fused-ring (bicyclic) bond motifs is 1. The predicted octanol–water partition coefficient (Wildman–Crippen LogP) is 0.524. The van der Waals surface area contributed by atoms with Crippen molar-refractivity contribution >= 4 is 11.9 Å². The maximum Gasteiger partial charge on any atom is 0.339 e. The average Bonchev–Trinajstić information content (AvgIpc) is 2.57. The minimum Gasteiger partial charge on any atom is -0.453 e. The molecule has 0 saturated carbocycles.